The van der Waals surface area contributed by atoms with Crippen LogP contribution >= 0.6 is 0 Å². The van der Waals surface area contributed by atoms with Crippen molar-refractivity contribution < 1.29 is 13.9 Å². The number of fused-ring (bicyclic) bond motifs is 2. The molecule has 0 amide bonds. The first-order chi connectivity index (χ1) is 9.19. The molecule has 1 aromatic rings. The summed E-state index contributed by atoms with van der Waals surface area (Å²) in [6, 6.07) is 7.22. The minimum atomic E-state index is -0.244. The highest BCUT2D eigenvalue weighted by Crippen LogP contribution is 2.42. The van der Waals surface area contributed by atoms with E-state index in [9.17, 15) is 9.18 Å². The van der Waals surface area contributed by atoms with Crippen molar-refractivity contribution in [2.45, 2.75) is 37.3 Å². The van der Waals surface area contributed by atoms with E-state index in [4.69, 9.17) is 4.74 Å². The summed E-state index contributed by atoms with van der Waals surface area (Å²) in [6.07, 6.45) is 2.96. The van der Waals surface area contributed by atoms with E-state index in [1.54, 1.807) is 12.1 Å². The molecule has 0 radical (unpaired) electrons. The minimum Gasteiger partial charge on any atom is -0.469 e. The Labute approximate surface area is 112 Å². The van der Waals surface area contributed by atoms with E-state index < -0.39 is 0 Å². The van der Waals surface area contributed by atoms with Crippen molar-refractivity contribution in [1.82, 2.24) is 5.32 Å². The summed E-state index contributed by atoms with van der Waals surface area (Å²) < 4.78 is 18.4. The lowest BCUT2D eigenvalue weighted by molar-refractivity contribution is -0.148. The Kier molecular flexibility index (Phi) is 3.27. The van der Waals surface area contributed by atoms with Gasteiger partial charge in [-0.25, -0.2) is 4.39 Å². The van der Waals surface area contributed by atoms with Crippen LogP contribution in [0.15, 0.2) is 24.3 Å². The van der Waals surface area contributed by atoms with Gasteiger partial charge in [0.05, 0.1) is 13.0 Å². The number of hydrogen-bond donors (Lipinski definition) is 1. The SMILES string of the molecule is COC(=O)C1C2CC[C@H](C[C@@H]1c1cccc(F)c1)N2. The highest BCUT2D eigenvalue weighted by molar-refractivity contribution is 5.75. The summed E-state index contributed by atoms with van der Waals surface area (Å²) >= 11 is 0. The molecule has 2 unspecified atom stereocenters. The van der Waals surface area contributed by atoms with Crippen LogP contribution in [0.1, 0.15) is 30.7 Å². The van der Waals surface area contributed by atoms with Crippen molar-refractivity contribution in [3.8, 4) is 0 Å². The van der Waals surface area contributed by atoms with Crippen LogP contribution in [-0.4, -0.2) is 25.2 Å². The largest absolute Gasteiger partial charge is 0.469 e. The molecule has 0 aliphatic carbocycles. The van der Waals surface area contributed by atoms with Gasteiger partial charge in [-0.1, -0.05) is 12.1 Å². The third-order valence-corrected chi connectivity index (χ3v) is 4.43. The molecular formula is C15H18FNO2. The van der Waals surface area contributed by atoms with Gasteiger partial charge in [0.15, 0.2) is 0 Å². The van der Waals surface area contributed by atoms with Crippen molar-refractivity contribution in [2.75, 3.05) is 7.11 Å². The van der Waals surface area contributed by atoms with Gasteiger partial charge in [0.25, 0.3) is 0 Å². The summed E-state index contributed by atoms with van der Waals surface area (Å²) in [5.74, 6) is -0.577. The first-order valence-electron chi connectivity index (χ1n) is 6.78. The van der Waals surface area contributed by atoms with Gasteiger partial charge in [0.2, 0.25) is 0 Å². The lowest BCUT2D eigenvalue weighted by atomic mass is 9.77. The number of benzene rings is 1. The Morgan fingerprint density at radius 3 is 3.00 bits per heavy atom. The van der Waals surface area contributed by atoms with E-state index in [0.717, 1.165) is 24.8 Å². The fourth-order valence-electron chi connectivity index (χ4n) is 3.60. The highest BCUT2D eigenvalue weighted by atomic mass is 19.1. The number of methoxy groups -OCH3 is 1. The predicted octanol–water partition coefficient (Wildman–Crippen LogP) is 2.22. The van der Waals surface area contributed by atoms with Crippen LogP contribution in [0, 0.1) is 11.7 Å². The van der Waals surface area contributed by atoms with Gasteiger partial charge in [-0.15, -0.1) is 0 Å². The average Bonchev–Trinajstić information content (AvgIpc) is 2.79. The van der Waals surface area contributed by atoms with E-state index in [2.05, 4.69) is 5.32 Å². The fraction of sp³-hybridized carbons (Fsp3) is 0.533. The van der Waals surface area contributed by atoms with Gasteiger partial charge in [-0.3, -0.25) is 4.79 Å². The molecule has 0 saturated carbocycles. The summed E-state index contributed by atoms with van der Waals surface area (Å²) in [5, 5.41) is 3.48. The first-order valence-corrected chi connectivity index (χ1v) is 6.78. The van der Waals surface area contributed by atoms with Crippen LogP contribution in [0.25, 0.3) is 0 Å². The number of halogens is 1. The maximum absolute atomic E-state index is 13.4. The predicted molar refractivity (Wildman–Crippen MR) is 69.2 cm³/mol. The zero-order valence-electron chi connectivity index (χ0n) is 10.9. The first kappa shape index (κ1) is 12.6. The quantitative estimate of drug-likeness (QED) is 0.831. The average molecular weight is 263 g/mol. The molecule has 4 atom stereocenters. The van der Waals surface area contributed by atoms with E-state index in [1.165, 1.54) is 13.2 Å². The second-order valence-electron chi connectivity index (χ2n) is 5.49. The standard InChI is InChI=1S/C15H18FNO2/c1-19-15(18)14-12(8-11-5-6-13(14)17-11)9-3-2-4-10(16)7-9/h2-4,7,11-14,17H,5-6,8H2,1H3/t11-,12-,13?,14?/m1/s1. The molecule has 2 heterocycles. The Hall–Kier alpha value is -1.42. The number of ether oxygens (including phenoxy) is 1. The molecule has 3 rings (SSSR count). The normalized spacial score (nSPS) is 33.2. The molecule has 0 spiro atoms. The zero-order chi connectivity index (χ0) is 13.4. The number of carbonyl (C=O) groups excluding carboxylic acids is 1. The van der Waals surface area contributed by atoms with Crippen LogP contribution < -0.4 is 5.32 Å². The molecule has 2 aliphatic heterocycles. The molecule has 2 saturated heterocycles. The maximum atomic E-state index is 13.4. The smallest absolute Gasteiger partial charge is 0.310 e. The Balaban J connectivity index is 1.95. The van der Waals surface area contributed by atoms with Gasteiger partial charge >= 0.3 is 5.97 Å². The van der Waals surface area contributed by atoms with Crippen molar-refractivity contribution in [3.63, 3.8) is 0 Å². The summed E-state index contributed by atoms with van der Waals surface area (Å²) in [5.41, 5.74) is 0.911. The minimum absolute atomic E-state index is 0.0573. The van der Waals surface area contributed by atoms with Crippen LogP contribution in [0.2, 0.25) is 0 Å². The van der Waals surface area contributed by atoms with Crippen LogP contribution in [0.4, 0.5) is 4.39 Å². The van der Waals surface area contributed by atoms with Gasteiger partial charge in [0.1, 0.15) is 5.82 Å². The molecule has 2 fully saturated rings. The zero-order valence-corrected chi connectivity index (χ0v) is 10.9. The van der Waals surface area contributed by atoms with Crippen LogP contribution in [-0.2, 0) is 9.53 Å². The summed E-state index contributed by atoms with van der Waals surface area (Å²) in [4.78, 5) is 12.1. The second-order valence-corrected chi connectivity index (χ2v) is 5.49. The fourth-order valence-corrected chi connectivity index (χ4v) is 3.60. The Morgan fingerprint density at radius 1 is 1.42 bits per heavy atom. The van der Waals surface area contributed by atoms with Crippen LogP contribution in [0.5, 0.6) is 0 Å². The summed E-state index contributed by atoms with van der Waals surface area (Å²) in [7, 11) is 1.42. The van der Waals surface area contributed by atoms with E-state index >= 15 is 0 Å². The third kappa shape index (κ3) is 2.25. The molecule has 0 aromatic heterocycles. The van der Waals surface area contributed by atoms with E-state index in [-0.39, 0.29) is 29.7 Å². The van der Waals surface area contributed by atoms with E-state index in [1.807, 2.05) is 6.07 Å². The molecule has 2 bridgehead atoms. The Bertz CT molecular complexity index is 491. The number of carbonyl (C=O) groups is 1. The molecule has 3 nitrogen and oxygen atoms in total. The Morgan fingerprint density at radius 2 is 2.26 bits per heavy atom. The molecule has 19 heavy (non-hydrogen) atoms. The van der Waals surface area contributed by atoms with Crippen molar-refractivity contribution in [2.24, 2.45) is 5.92 Å². The number of piperidine rings is 1. The van der Waals surface area contributed by atoms with Gasteiger partial charge in [0, 0.05) is 18.0 Å². The lowest BCUT2D eigenvalue weighted by Crippen LogP contribution is -2.48. The summed E-state index contributed by atoms with van der Waals surface area (Å²) in [6.45, 7) is 0. The topological polar surface area (TPSA) is 38.3 Å². The molecule has 4 heteroatoms. The number of hydrogen-bond acceptors (Lipinski definition) is 3. The monoisotopic (exact) mass is 263 g/mol. The molecule has 1 aromatic carbocycles. The number of esters is 1. The van der Waals surface area contributed by atoms with E-state index in [0.29, 0.717) is 6.04 Å². The molecular weight excluding hydrogens is 245 g/mol. The van der Waals surface area contributed by atoms with Gasteiger partial charge in [-0.2, -0.15) is 0 Å². The van der Waals surface area contributed by atoms with Crippen molar-refractivity contribution >= 4 is 5.97 Å². The number of nitrogens with one attached hydrogen (secondary N) is 1. The van der Waals surface area contributed by atoms with Crippen molar-refractivity contribution in [1.29, 1.82) is 0 Å². The lowest BCUT2D eigenvalue weighted by Gasteiger charge is -2.36. The van der Waals surface area contributed by atoms with Gasteiger partial charge < -0.3 is 10.1 Å². The van der Waals surface area contributed by atoms with Gasteiger partial charge in [-0.05, 0) is 37.0 Å². The molecule has 2 aliphatic rings. The van der Waals surface area contributed by atoms with Crippen molar-refractivity contribution in [3.05, 3.63) is 35.6 Å². The highest BCUT2D eigenvalue weighted by Gasteiger charge is 2.46. The second kappa shape index (κ2) is 4.93. The molecule has 102 valence electrons. The molecule has 1 N–H and O–H groups in total. The number of rotatable bonds is 2. The third-order valence-electron chi connectivity index (χ3n) is 4.43. The maximum Gasteiger partial charge on any atom is 0.310 e. The van der Waals surface area contributed by atoms with Crippen LogP contribution in [0.3, 0.4) is 0 Å².